The van der Waals surface area contributed by atoms with Crippen molar-refractivity contribution in [1.82, 2.24) is 15.2 Å². The molecule has 0 radical (unpaired) electrons. The Morgan fingerprint density at radius 3 is 1.80 bits per heavy atom. The molecule has 1 aliphatic heterocycles. The highest BCUT2D eigenvalue weighted by Crippen LogP contribution is 2.16. The summed E-state index contributed by atoms with van der Waals surface area (Å²) in [5.74, 6) is 0.978. The lowest BCUT2D eigenvalue weighted by molar-refractivity contribution is 0.0952. The van der Waals surface area contributed by atoms with Crippen molar-refractivity contribution >= 4 is 34.3 Å². The van der Waals surface area contributed by atoms with Crippen LogP contribution in [-0.2, 0) is 0 Å². The van der Waals surface area contributed by atoms with E-state index in [-0.39, 0.29) is 5.91 Å². The highest BCUT2D eigenvalue weighted by atomic mass is 127. The van der Waals surface area contributed by atoms with E-state index in [0.29, 0.717) is 11.6 Å². The van der Waals surface area contributed by atoms with Crippen LogP contribution in [0.3, 0.4) is 0 Å². The number of hydrogen-bond acceptors (Lipinski definition) is 4. The molecule has 6 heteroatoms. The molecule has 35 heavy (non-hydrogen) atoms. The molecule has 1 N–H and O–H groups in total. The third-order valence-corrected chi connectivity index (χ3v) is 7.99. The van der Waals surface area contributed by atoms with Crippen LogP contribution in [0.5, 0.6) is 0 Å². The summed E-state index contributed by atoms with van der Waals surface area (Å²) in [6.45, 7) is 9.39. The van der Waals surface area contributed by atoms with Gasteiger partial charge in [-0.3, -0.25) is 9.69 Å². The SMILES string of the molecule is CC(C)N1CCN(c2ccc(C(=O)NCCCCCCCCCCCCCCCCI)cn2)CC1. The molecule has 0 bridgehead atoms. The number of carbonyl (C=O) groups excluding carboxylic acids is 1. The van der Waals surface area contributed by atoms with Crippen LogP contribution in [0, 0.1) is 0 Å². The van der Waals surface area contributed by atoms with Crippen LogP contribution in [0.25, 0.3) is 0 Å². The quantitative estimate of drug-likeness (QED) is 0.104. The molecule has 1 saturated heterocycles. The van der Waals surface area contributed by atoms with Crippen molar-refractivity contribution in [2.45, 2.75) is 110 Å². The first-order chi connectivity index (χ1) is 17.1. The zero-order valence-corrected chi connectivity index (χ0v) is 24.7. The molecule has 1 aromatic rings. The predicted octanol–water partition coefficient (Wildman–Crippen LogP) is 7.24. The van der Waals surface area contributed by atoms with Crippen LogP contribution in [-0.4, -0.2) is 59.0 Å². The van der Waals surface area contributed by atoms with Gasteiger partial charge < -0.3 is 10.2 Å². The Morgan fingerprint density at radius 2 is 1.34 bits per heavy atom. The average Bonchev–Trinajstić information content (AvgIpc) is 2.88. The Kier molecular flexibility index (Phi) is 16.7. The number of nitrogens with one attached hydrogen (secondary N) is 1. The second-order valence-corrected chi connectivity index (χ2v) is 11.5. The number of piperazine rings is 1. The molecule has 1 aliphatic rings. The molecule has 0 saturated carbocycles. The lowest BCUT2D eigenvalue weighted by Crippen LogP contribution is -2.49. The summed E-state index contributed by atoms with van der Waals surface area (Å²) in [6.07, 6.45) is 20.8. The fourth-order valence-corrected chi connectivity index (χ4v) is 5.36. The standard InChI is InChI=1S/C29H51IN4O/c1-26(2)33-21-23-34(24-22-33)28-18-17-27(25-32-28)29(35)31-20-16-14-12-10-8-6-4-3-5-7-9-11-13-15-19-30/h17-18,25-26H,3-16,19-24H2,1-2H3,(H,31,35). The number of alkyl halides is 1. The van der Waals surface area contributed by atoms with Crippen LogP contribution in [0.4, 0.5) is 5.82 Å². The summed E-state index contributed by atoms with van der Waals surface area (Å²) in [6, 6.07) is 4.51. The van der Waals surface area contributed by atoms with Gasteiger partial charge in [0.1, 0.15) is 5.82 Å². The van der Waals surface area contributed by atoms with E-state index in [1.165, 1.54) is 87.9 Å². The second-order valence-electron chi connectivity index (χ2n) is 10.4. The van der Waals surface area contributed by atoms with Crippen molar-refractivity contribution in [2.24, 2.45) is 0 Å². The van der Waals surface area contributed by atoms with Crippen molar-refractivity contribution in [3.05, 3.63) is 23.9 Å². The van der Waals surface area contributed by atoms with Crippen LogP contribution >= 0.6 is 22.6 Å². The van der Waals surface area contributed by atoms with E-state index in [4.69, 9.17) is 0 Å². The molecule has 0 unspecified atom stereocenters. The summed E-state index contributed by atoms with van der Waals surface area (Å²) < 4.78 is 1.32. The molecule has 2 heterocycles. The van der Waals surface area contributed by atoms with Gasteiger partial charge in [0.05, 0.1) is 5.56 Å². The average molecular weight is 599 g/mol. The summed E-state index contributed by atoms with van der Waals surface area (Å²) in [5, 5.41) is 3.06. The van der Waals surface area contributed by atoms with E-state index in [0.717, 1.165) is 45.0 Å². The van der Waals surface area contributed by atoms with E-state index in [1.807, 2.05) is 12.1 Å². The molecule has 1 aromatic heterocycles. The number of pyridine rings is 1. The maximum Gasteiger partial charge on any atom is 0.252 e. The molecular formula is C29H51IN4O. The van der Waals surface area contributed by atoms with Gasteiger partial charge in [0.2, 0.25) is 0 Å². The minimum atomic E-state index is -0.00122. The maximum absolute atomic E-state index is 12.4. The molecular weight excluding hydrogens is 547 g/mol. The Balaban J connectivity index is 1.43. The molecule has 0 aliphatic carbocycles. The number of rotatable bonds is 19. The van der Waals surface area contributed by atoms with Crippen molar-refractivity contribution in [3.63, 3.8) is 0 Å². The molecule has 0 spiro atoms. The Labute approximate surface area is 229 Å². The molecule has 0 aromatic carbocycles. The lowest BCUT2D eigenvalue weighted by atomic mass is 10.0. The zero-order chi connectivity index (χ0) is 25.1. The number of carbonyl (C=O) groups is 1. The minimum Gasteiger partial charge on any atom is -0.354 e. The van der Waals surface area contributed by atoms with Crippen molar-refractivity contribution in [3.8, 4) is 0 Å². The summed E-state index contributed by atoms with van der Waals surface area (Å²) in [4.78, 5) is 21.8. The van der Waals surface area contributed by atoms with E-state index in [9.17, 15) is 4.79 Å². The summed E-state index contributed by atoms with van der Waals surface area (Å²) >= 11 is 2.48. The molecule has 1 amide bonds. The zero-order valence-electron chi connectivity index (χ0n) is 22.6. The largest absolute Gasteiger partial charge is 0.354 e. The highest BCUT2D eigenvalue weighted by Gasteiger charge is 2.19. The number of hydrogen-bond donors (Lipinski definition) is 1. The number of anilines is 1. The molecule has 200 valence electrons. The van der Waals surface area contributed by atoms with Crippen molar-refractivity contribution < 1.29 is 4.79 Å². The van der Waals surface area contributed by atoms with Crippen LogP contribution < -0.4 is 10.2 Å². The smallest absolute Gasteiger partial charge is 0.252 e. The number of halogens is 1. The first-order valence-corrected chi connectivity index (χ1v) is 15.9. The Bertz CT molecular complexity index is 659. The first kappa shape index (κ1) is 30.3. The number of amides is 1. The Hall–Kier alpha value is -0.890. The topological polar surface area (TPSA) is 48.5 Å². The second kappa shape index (κ2) is 19.3. The van der Waals surface area contributed by atoms with Gasteiger partial charge in [0.25, 0.3) is 5.91 Å². The molecule has 2 rings (SSSR count). The summed E-state index contributed by atoms with van der Waals surface area (Å²) in [7, 11) is 0. The Morgan fingerprint density at radius 1 is 0.829 bits per heavy atom. The number of aromatic nitrogens is 1. The minimum absolute atomic E-state index is 0.00122. The van der Waals surface area contributed by atoms with Gasteiger partial charge in [-0.15, -0.1) is 0 Å². The third-order valence-electron chi connectivity index (χ3n) is 7.22. The predicted molar refractivity (Wildman–Crippen MR) is 159 cm³/mol. The van der Waals surface area contributed by atoms with Crippen molar-refractivity contribution in [2.75, 3.05) is 42.1 Å². The lowest BCUT2D eigenvalue weighted by Gasteiger charge is -2.37. The fraction of sp³-hybridized carbons (Fsp3) is 0.793. The van der Waals surface area contributed by atoms with Crippen LogP contribution in [0.2, 0.25) is 0 Å². The van der Waals surface area contributed by atoms with Crippen LogP contribution in [0.1, 0.15) is 114 Å². The van der Waals surface area contributed by atoms with E-state index in [1.54, 1.807) is 6.20 Å². The van der Waals surface area contributed by atoms with Crippen LogP contribution in [0.15, 0.2) is 18.3 Å². The van der Waals surface area contributed by atoms with Gasteiger partial charge in [-0.25, -0.2) is 4.98 Å². The normalized spacial score (nSPS) is 14.6. The van der Waals surface area contributed by atoms with E-state index >= 15 is 0 Å². The van der Waals surface area contributed by atoms with Gasteiger partial charge in [-0.05, 0) is 43.2 Å². The maximum atomic E-state index is 12.4. The highest BCUT2D eigenvalue weighted by molar-refractivity contribution is 14.1. The monoisotopic (exact) mass is 598 g/mol. The van der Waals surface area contributed by atoms with E-state index < -0.39 is 0 Å². The number of unbranched alkanes of at least 4 members (excludes halogenated alkanes) is 13. The molecule has 5 nitrogen and oxygen atoms in total. The summed E-state index contributed by atoms with van der Waals surface area (Å²) in [5.41, 5.74) is 0.662. The first-order valence-electron chi connectivity index (χ1n) is 14.4. The third kappa shape index (κ3) is 13.3. The van der Waals surface area contributed by atoms with E-state index in [2.05, 4.69) is 56.5 Å². The van der Waals surface area contributed by atoms with Gasteiger partial charge >= 0.3 is 0 Å². The van der Waals surface area contributed by atoms with Gasteiger partial charge in [0, 0.05) is 45.0 Å². The van der Waals surface area contributed by atoms with Crippen molar-refractivity contribution in [1.29, 1.82) is 0 Å². The molecule has 1 fully saturated rings. The van der Waals surface area contributed by atoms with Gasteiger partial charge in [-0.2, -0.15) is 0 Å². The fourth-order valence-electron chi connectivity index (χ4n) is 4.82. The van der Waals surface area contributed by atoms with Gasteiger partial charge in [-0.1, -0.05) is 99.6 Å². The molecule has 0 atom stereocenters. The van der Waals surface area contributed by atoms with Gasteiger partial charge in [0.15, 0.2) is 0 Å². The number of nitrogens with zero attached hydrogens (tertiary/aromatic N) is 3.